The Hall–Kier alpha value is -1.18. The molecule has 5 nitrogen and oxygen atoms in total. The van der Waals surface area contributed by atoms with Gasteiger partial charge < -0.3 is 0 Å². The minimum Gasteiger partial charge on any atom is -0.294 e. The van der Waals surface area contributed by atoms with Crippen LogP contribution in [0.2, 0.25) is 0 Å². The monoisotopic (exact) mass is 434 g/mol. The molecule has 2 aliphatic rings. The van der Waals surface area contributed by atoms with E-state index in [1.165, 1.54) is 16.7 Å². The average molecular weight is 435 g/mol. The molecule has 4 unspecified atom stereocenters. The Morgan fingerprint density at radius 2 is 2.00 bits per heavy atom. The summed E-state index contributed by atoms with van der Waals surface area (Å²) in [6.45, 7) is 8.47. The number of nitrogens with zero attached hydrogens (tertiary/aromatic N) is 4. The molecule has 26 heavy (non-hydrogen) atoms. The van der Waals surface area contributed by atoms with Crippen molar-refractivity contribution in [2.45, 2.75) is 43.6 Å². The zero-order valence-corrected chi connectivity index (χ0v) is 17.6. The lowest BCUT2D eigenvalue weighted by Gasteiger charge is -2.41. The second-order valence-electron chi connectivity index (χ2n) is 7.63. The van der Waals surface area contributed by atoms with Gasteiger partial charge in [-0.1, -0.05) is 53.7 Å². The third kappa shape index (κ3) is 3.37. The smallest absolute Gasteiger partial charge is 0.264 e. The van der Waals surface area contributed by atoms with Crippen molar-refractivity contribution in [3.8, 4) is 0 Å². The summed E-state index contributed by atoms with van der Waals surface area (Å²) in [6.07, 6.45) is 1.25. The topological polar surface area (TPSA) is 51.0 Å². The van der Waals surface area contributed by atoms with Gasteiger partial charge in [0.15, 0.2) is 5.16 Å². The summed E-state index contributed by atoms with van der Waals surface area (Å²) in [7, 11) is 0. The number of aryl methyl sites for hydroxylation is 1. The maximum Gasteiger partial charge on any atom is 0.264 e. The molecule has 0 radical (unpaired) electrons. The van der Waals surface area contributed by atoms with Crippen molar-refractivity contribution < 1.29 is 4.79 Å². The van der Waals surface area contributed by atoms with Crippen molar-refractivity contribution >= 4 is 33.6 Å². The molecule has 2 aliphatic heterocycles. The molecule has 4 atom stereocenters. The van der Waals surface area contributed by atoms with Crippen LogP contribution in [0, 0.1) is 18.8 Å². The molecule has 2 aromatic rings. The van der Waals surface area contributed by atoms with Gasteiger partial charge in [-0.15, -0.1) is 5.10 Å². The Bertz CT molecular complexity index is 829. The van der Waals surface area contributed by atoms with Gasteiger partial charge in [0.2, 0.25) is 0 Å². The lowest BCUT2D eigenvalue weighted by atomic mass is 9.89. The molecule has 0 saturated carbocycles. The van der Waals surface area contributed by atoms with Crippen LogP contribution in [0.25, 0.3) is 0 Å². The van der Waals surface area contributed by atoms with Crippen LogP contribution in [0.4, 0.5) is 0 Å². The van der Waals surface area contributed by atoms with Crippen LogP contribution in [-0.2, 0) is 0 Å². The Labute approximate surface area is 166 Å². The number of fused-ring (bicyclic) bond motifs is 1. The molecule has 4 rings (SSSR count). The highest BCUT2D eigenvalue weighted by atomic mass is 79.9. The normalized spacial score (nSPS) is 27.5. The summed E-state index contributed by atoms with van der Waals surface area (Å²) < 4.78 is 2.53. The molecule has 0 amide bonds. The first kappa shape index (κ1) is 18.2. The number of hydrogen-bond acceptors (Lipinski definition) is 5. The second kappa shape index (κ2) is 7.09. The lowest BCUT2D eigenvalue weighted by molar-refractivity contribution is 0.0712. The van der Waals surface area contributed by atoms with E-state index < -0.39 is 0 Å². The van der Waals surface area contributed by atoms with E-state index in [-0.39, 0.29) is 17.2 Å². The van der Waals surface area contributed by atoms with Gasteiger partial charge in [0.05, 0.1) is 6.04 Å². The first-order valence-electron chi connectivity index (χ1n) is 9.06. The van der Waals surface area contributed by atoms with Crippen LogP contribution >= 0.6 is 27.7 Å². The molecule has 138 valence electrons. The van der Waals surface area contributed by atoms with Gasteiger partial charge in [-0.25, -0.2) is 4.98 Å². The van der Waals surface area contributed by atoms with Gasteiger partial charge in [-0.3, -0.25) is 9.69 Å². The predicted octanol–water partition coefficient (Wildman–Crippen LogP) is 4.18. The molecular weight excluding hydrogens is 412 g/mol. The fourth-order valence-electron chi connectivity index (χ4n) is 4.31. The number of rotatable bonds is 3. The van der Waals surface area contributed by atoms with Crippen molar-refractivity contribution in [1.82, 2.24) is 19.7 Å². The lowest BCUT2D eigenvalue weighted by Crippen LogP contribution is -2.46. The SMILES string of the molecule is Cc1nc2n(n1)C(=O)C(C(c1cccc(Br)c1)N1CC(C)CC(C)C1)S2. The standard InChI is InChI=1S/C19H23BrN4OS/c1-11-7-12(2)10-23(9-11)16(14-5-4-6-15(20)8-14)17-18(25)24-19(26-17)21-13(3)22-24/h4-6,8,11-12,16-17H,7,9-10H2,1-3H3. The fourth-order valence-corrected chi connectivity index (χ4v) is 6.02. The third-order valence-electron chi connectivity index (χ3n) is 5.14. The van der Waals surface area contributed by atoms with Crippen molar-refractivity contribution in [1.29, 1.82) is 0 Å². The number of benzene rings is 1. The van der Waals surface area contributed by atoms with Gasteiger partial charge >= 0.3 is 0 Å². The molecule has 0 spiro atoms. The van der Waals surface area contributed by atoms with E-state index in [1.54, 1.807) is 11.8 Å². The van der Waals surface area contributed by atoms with Gasteiger partial charge in [-0.2, -0.15) is 4.68 Å². The number of thioether (sulfide) groups is 1. The van der Waals surface area contributed by atoms with Crippen molar-refractivity contribution in [3.05, 3.63) is 40.1 Å². The van der Waals surface area contributed by atoms with E-state index in [0.29, 0.717) is 17.7 Å². The summed E-state index contributed by atoms with van der Waals surface area (Å²) in [6, 6.07) is 8.38. The zero-order valence-electron chi connectivity index (χ0n) is 15.2. The van der Waals surface area contributed by atoms with Gasteiger partial charge in [0.1, 0.15) is 11.1 Å². The van der Waals surface area contributed by atoms with Gasteiger partial charge in [0, 0.05) is 17.6 Å². The van der Waals surface area contributed by atoms with Crippen LogP contribution in [0.3, 0.4) is 0 Å². The average Bonchev–Trinajstić information content (AvgIpc) is 3.05. The number of aromatic nitrogens is 3. The molecule has 0 N–H and O–H groups in total. The van der Waals surface area contributed by atoms with E-state index in [4.69, 9.17) is 0 Å². The molecule has 1 aromatic carbocycles. The molecule has 1 aromatic heterocycles. The Balaban J connectivity index is 1.72. The number of likely N-dealkylation sites (tertiary alicyclic amines) is 1. The van der Waals surface area contributed by atoms with Crippen molar-refractivity contribution in [2.75, 3.05) is 13.1 Å². The summed E-state index contributed by atoms with van der Waals surface area (Å²) >= 11 is 5.14. The second-order valence-corrected chi connectivity index (χ2v) is 9.65. The molecule has 3 heterocycles. The predicted molar refractivity (Wildman–Crippen MR) is 106 cm³/mol. The van der Waals surface area contributed by atoms with E-state index in [0.717, 1.165) is 22.7 Å². The molecule has 1 saturated heterocycles. The fraction of sp³-hybridized carbons (Fsp3) is 0.526. The van der Waals surface area contributed by atoms with Crippen LogP contribution in [0.5, 0.6) is 0 Å². The number of hydrogen-bond donors (Lipinski definition) is 0. The number of piperidine rings is 1. The molecular formula is C19H23BrN4OS. The number of carbonyl (C=O) groups excluding carboxylic acids is 1. The Kier molecular flexibility index (Phi) is 4.96. The minimum absolute atomic E-state index is 0.0269. The highest BCUT2D eigenvalue weighted by molar-refractivity contribution is 9.10. The number of halogens is 1. The highest BCUT2D eigenvalue weighted by Gasteiger charge is 2.44. The van der Waals surface area contributed by atoms with E-state index in [9.17, 15) is 4.79 Å². The molecule has 1 fully saturated rings. The Morgan fingerprint density at radius 3 is 2.65 bits per heavy atom. The molecule has 7 heteroatoms. The van der Waals surface area contributed by atoms with Crippen LogP contribution in [0.1, 0.15) is 42.5 Å². The van der Waals surface area contributed by atoms with Crippen molar-refractivity contribution in [3.63, 3.8) is 0 Å². The minimum atomic E-state index is -0.211. The summed E-state index contributed by atoms with van der Waals surface area (Å²) in [4.78, 5) is 20.0. The first-order chi connectivity index (χ1) is 12.4. The summed E-state index contributed by atoms with van der Waals surface area (Å²) in [5, 5.41) is 4.81. The summed E-state index contributed by atoms with van der Waals surface area (Å²) in [5.74, 6) is 1.96. The largest absolute Gasteiger partial charge is 0.294 e. The van der Waals surface area contributed by atoms with E-state index in [2.05, 4.69) is 56.9 Å². The molecule has 0 aliphatic carbocycles. The zero-order chi connectivity index (χ0) is 18.4. The van der Waals surface area contributed by atoms with Gasteiger partial charge in [0.25, 0.3) is 5.91 Å². The van der Waals surface area contributed by atoms with E-state index in [1.807, 2.05) is 19.1 Å². The maximum absolute atomic E-state index is 13.1. The van der Waals surface area contributed by atoms with Crippen LogP contribution in [0.15, 0.2) is 33.9 Å². The van der Waals surface area contributed by atoms with Crippen molar-refractivity contribution in [2.24, 2.45) is 11.8 Å². The third-order valence-corrected chi connectivity index (χ3v) is 6.82. The summed E-state index contributed by atoms with van der Waals surface area (Å²) in [5.41, 5.74) is 1.18. The van der Waals surface area contributed by atoms with Gasteiger partial charge in [-0.05, 0) is 42.9 Å². The maximum atomic E-state index is 13.1. The first-order valence-corrected chi connectivity index (χ1v) is 10.7. The van der Waals surface area contributed by atoms with Crippen LogP contribution in [-0.4, -0.2) is 43.9 Å². The van der Waals surface area contributed by atoms with Crippen LogP contribution < -0.4 is 0 Å². The Morgan fingerprint density at radius 1 is 1.27 bits per heavy atom. The number of carbonyl (C=O) groups is 1. The highest BCUT2D eigenvalue weighted by Crippen LogP contribution is 2.43. The van der Waals surface area contributed by atoms with E-state index >= 15 is 0 Å². The molecule has 0 bridgehead atoms. The quantitative estimate of drug-likeness (QED) is 0.724.